The highest BCUT2D eigenvalue weighted by atomic mass is 35.5. The first kappa shape index (κ1) is 21.8. The number of nitrogens with zero attached hydrogens (tertiary/aromatic N) is 1. The van der Waals surface area contributed by atoms with Gasteiger partial charge < -0.3 is 5.32 Å². The summed E-state index contributed by atoms with van der Waals surface area (Å²) in [5, 5.41) is 3.28. The van der Waals surface area contributed by atoms with Crippen LogP contribution in [0.4, 0.5) is 10.1 Å². The van der Waals surface area contributed by atoms with Crippen LogP contribution in [0.2, 0.25) is 5.02 Å². The van der Waals surface area contributed by atoms with Crippen LogP contribution in [-0.4, -0.2) is 21.4 Å². The number of nitrogens with one attached hydrogen (secondary N) is 1. The predicted molar refractivity (Wildman–Crippen MR) is 116 cm³/mol. The zero-order valence-electron chi connectivity index (χ0n) is 16.3. The van der Waals surface area contributed by atoms with Gasteiger partial charge in [0.05, 0.1) is 16.6 Å². The number of rotatable bonds is 6. The maximum absolute atomic E-state index is 13.1. The van der Waals surface area contributed by atoms with Crippen LogP contribution in [0, 0.1) is 5.82 Å². The Balaban J connectivity index is 1.72. The molecule has 0 saturated carbocycles. The highest BCUT2D eigenvalue weighted by Gasteiger charge is 2.21. The second kappa shape index (κ2) is 8.85. The predicted octanol–water partition coefficient (Wildman–Crippen LogP) is 4.80. The number of halogens is 2. The molecule has 8 heteroatoms. The third-order valence-corrected chi connectivity index (χ3v) is 6.73. The van der Waals surface area contributed by atoms with Gasteiger partial charge in [0.25, 0.3) is 15.9 Å². The Morgan fingerprint density at radius 1 is 0.967 bits per heavy atom. The quantitative estimate of drug-likeness (QED) is 0.591. The first-order chi connectivity index (χ1) is 14.2. The minimum Gasteiger partial charge on any atom is -0.346 e. The van der Waals surface area contributed by atoms with Crippen molar-refractivity contribution < 1.29 is 17.6 Å². The first-order valence-corrected chi connectivity index (χ1v) is 10.9. The summed E-state index contributed by atoms with van der Waals surface area (Å²) in [5.74, 6) is -0.660. The summed E-state index contributed by atoms with van der Waals surface area (Å²) in [7, 11) is -2.32. The average Bonchev–Trinajstić information content (AvgIpc) is 2.74. The first-order valence-electron chi connectivity index (χ1n) is 9.09. The summed E-state index contributed by atoms with van der Waals surface area (Å²) >= 11 is 5.82. The Morgan fingerprint density at radius 2 is 1.53 bits per heavy atom. The van der Waals surface area contributed by atoms with E-state index in [2.05, 4.69) is 5.32 Å². The summed E-state index contributed by atoms with van der Waals surface area (Å²) in [5.41, 5.74) is 1.56. The van der Waals surface area contributed by atoms with Crippen molar-refractivity contribution >= 4 is 33.2 Å². The normalized spacial score (nSPS) is 12.3. The second-order valence-electron chi connectivity index (χ2n) is 6.72. The van der Waals surface area contributed by atoms with Gasteiger partial charge in [0.2, 0.25) is 0 Å². The van der Waals surface area contributed by atoms with Crippen molar-refractivity contribution in [3.8, 4) is 0 Å². The molecule has 1 atom stereocenters. The van der Waals surface area contributed by atoms with Gasteiger partial charge in [-0.05, 0) is 73.2 Å². The van der Waals surface area contributed by atoms with E-state index in [0.29, 0.717) is 16.3 Å². The lowest BCUT2D eigenvalue weighted by Crippen LogP contribution is -2.28. The van der Waals surface area contributed by atoms with Crippen LogP contribution >= 0.6 is 11.6 Å². The highest BCUT2D eigenvalue weighted by molar-refractivity contribution is 7.92. The molecule has 0 fully saturated rings. The van der Waals surface area contributed by atoms with Crippen molar-refractivity contribution in [2.24, 2.45) is 0 Å². The topological polar surface area (TPSA) is 66.5 Å². The molecule has 3 aromatic carbocycles. The van der Waals surface area contributed by atoms with Crippen LogP contribution in [0.25, 0.3) is 0 Å². The summed E-state index contributed by atoms with van der Waals surface area (Å²) in [6.07, 6.45) is 0. The van der Waals surface area contributed by atoms with E-state index in [1.165, 1.54) is 43.4 Å². The largest absolute Gasteiger partial charge is 0.346 e. The summed E-state index contributed by atoms with van der Waals surface area (Å²) < 4.78 is 39.7. The summed E-state index contributed by atoms with van der Waals surface area (Å²) in [6, 6.07) is 17.7. The fourth-order valence-corrected chi connectivity index (χ4v) is 4.16. The third-order valence-electron chi connectivity index (χ3n) is 4.68. The van der Waals surface area contributed by atoms with Crippen molar-refractivity contribution in [1.29, 1.82) is 0 Å². The van der Waals surface area contributed by atoms with Crippen molar-refractivity contribution in [3.63, 3.8) is 0 Å². The Bertz CT molecular complexity index is 1130. The van der Waals surface area contributed by atoms with Crippen LogP contribution in [0.1, 0.15) is 28.9 Å². The van der Waals surface area contributed by atoms with Gasteiger partial charge in [-0.2, -0.15) is 0 Å². The lowest BCUT2D eigenvalue weighted by molar-refractivity contribution is 0.0940. The molecule has 0 saturated heterocycles. The molecule has 156 valence electrons. The van der Waals surface area contributed by atoms with Gasteiger partial charge in [-0.15, -0.1) is 0 Å². The number of carbonyl (C=O) groups excluding carboxylic acids is 1. The van der Waals surface area contributed by atoms with E-state index in [4.69, 9.17) is 11.6 Å². The zero-order chi connectivity index (χ0) is 21.9. The minimum atomic E-state index is -3.76. The number of sulfonamides is 1. The molecule has 3 rings (SSSR count). The van der Waals surface area contributed by atoms with Crippen LogP contribution in [0.3, 0.4) is 0 Å². The zero-order valence-corrected chi connectivity index (χ0v) is 17.9. The Morgan fingerprint density at radius 3 is 2.10 bits per heavy atom. The fraction of sp³-hybridized carbons (Fsp3) is 0.136. The molecule has 1 amide bonds. The molecular formula is C22H20ClFN2O3S. The molecule has 0 aliphatic rings. The van der Waals surface area contributed by atoms with Gasteiger partial charge in [-0.1, -0.05) is 23.7 Å². The van der Waals surface area contributed by atoms with Crippen LogP contribution in [0.15, 0.2) is 77.7 Å². The Labute approximate surface area is 180 Å². The molecule has 1 unspecified atom stereocenters. The molecule has 0 spiro atoms. The maximum atomic E-state index is 13.1. The van der Waals surface area contributed by atoms with E-state index in [1.807, 2.05) is 0 Å². The van der Waals surface area contributed by atoms with Crippen LogP contribution in [0.5, 0.6) is 0 Å². The van der Waals surface area contributed by atoms with Gasteiger partial charge in [0, 0.05) is 17.6 Å². The molecule has 30 heavy (non-hydrogen) atoms. The van der Waals surface area contributed by atoms with Crippen LogP contribution in [-0.2, 0) is 10.0 Å². The van der Waals surface area contributed by atoms with Gasteiger partial charge in [0.15, 0.2) is 0 Å². The van der Waals surface area contributed by atoms with Gasteiger partial charge in [0.1, 0.15) is 5.82 Å². The van der Waals surface area contributed by atoms with Gasteiger partial charge in [-0.3, -0.25) is 9.10 Å². The lowest BCUT2D eigenvalue weighted by Gasteiger charge is -2.20. The Hall–Kier alpha value is -2.90. The number of benzene rings is 3. The number of anilines is 1. The van der Waals surface area contributed by atoms with Gasteiger partial charge in [-0.25, -0.2) is 12.8 Å². The molecule has 3 aromatic rings. The smallest absolute Gasteiger partial charge is 0.264 e. The molecule has 0 radical (unpaired) electrons. The number of hydrogen-bond acceptors (Lipinski definition) is 3. The van der Waals surface area contributed by atoms with Crippen molar-refractivity contribution in [2.45, 2.75) is 17.9 Å². The van der Waals surface area contributed by atoms with Crippen molar-refractivity contribution in [3.05, 3.63) is 94.8 Å². The number of amides is 1. The molecule has 0 heterocycles. The SMILES string of the molecule is CC(NC(=O)c1ccc(N(C)S(=O)(=O)c2ccc(Cl)cc2)cc1)c1ccc(F)cc1. The van der Waals surface area contributed by atoms with E-state index in [-0.39, 0.29) is 22.7 Å². The lowest BCUT2D eigenvalue weighted by atomic mass is 10.1. The molecule has 0 bridgehead atoms. The number of hydrogen-bond donors (Lipinski definition) is 1. The van der Waals surface area contributed by atoms with E-state index in [0.717, 1.165) is 9.87 Å². The van der Waals surface area contributed by atoms with Crippen molar-refractivity contribution in [1.82, 2.24) is 5.32 Å². The fourth-order valence-electron chi connectivity index (χ4n) is 2.84. The second-order valence-corrected chi connectivity index (χ2v) is 9.13. The maximum Gasteiger partial charge on any atom is 0.264 e. The minimum absolute atomic E-state index is 0.115. The molecule has 0 aliphatic carbocycles. The third kappa shape index (κ3) is 4.80. The molecule has 5 nitrogen and oxygen atoms in total. The Kier molecular flexibility index (Phi) is 6.43. The van der Waals surface area contributed by atoms with Gasteiger partial charge >= 0.3 is 0 Å². The van der Waals surface area contributed by atoms with E-state index >= 15 is 0 Å². The van der Waals surface area contributed by atoms with Crippen LogP contribution < -0.4 is 9.62 Å². The molecular weight excluding hydrogens is 427 g/mol. The molecule has 1 N–H and O–H groups in total. The summed E-state index contributed by atoms with van der Waals surface area (Å²) in [6.45, 7) is 1.80. The molecule has 0 aliphatic heterocycles. The average molecular weight is 447 g/mol. The van der Waals surface area contributed by atoms with E-state index in [1.54, 1.807) is 43.3 Å². The standard InChI is InChI=1S/C22H20ClFN2O3S/c1-15(16-3-9-19(24)10-4-16)25-22(27)17-5-11-20(12-6-17)26(2)30(28,29)21-13-7-18(23)8-14-21/h3-15H,1-2H3,(H,25,27). The van der Waals surface area contributed by atoms with Crippen molar-refractivity contribution in [2.75, 3.05) is 11.4 Å². The molecule has 0 aromatic heterocycles. The highest BCUT2D eigenvalue weighted by Crippen LogP contribution is 2.24. The number of carbonyl (C=O) groups is 1. The van der Waals surface area contributed by atoms with E-state index < -0.39 is 10.0 Å². The monoisotopic (exact) mass is 446 g/mol. The van der Waals surface area contributed by atoms with E-state index in [9.17, 15) is 17.6 Å². The summed E-state index contributed by atoms with van der Waals surface area (Å²) in [4.78, 5) is 12.6.